The Labute approximate surface area is 119 Å². The van der Waals surface area contributed by atoms with Crippen LogP contribution in [0.5, 0.6) is 5.75 Å². The molecule has 0 aliphatic heterocycles. The molecule has 0 radical (unpaired) electrons. The van der Waals surface area contributed by atoms with E-state index in [0.717, 1.165) is 17.7 Å². The van der Waals surface area contributed by atoms with Crippen LogP contribution in [0.15, 0.2) is 48.5 Å². The van der Waals surface area contributed by atoms with Crippen molar-refractivity contribution in [2.75, 3.05) is 13.7 Å². The van der Waals surface area contributed by atoms with Crippen LogP contribution >= 0.6 is 0 Å². The Balaban J connectivity index is 2.02. The van der Waals surface area contributed by atoms with E-state index in [0.29, 0.717) is 6.61 Å². The number of rotatable bonds is 6. The Morgan fingerprint density at radius 3 is 2.60 bits per heavy atom. The summed E-state index contributed by atoms with van der Waals surface area (Å²) in [5, 5.41) is 3.11. The predicted octanol–water partition coefficient (Wildman–Crippen LogP) is 3.73. The van der Waals surface area contributed by atoms with Gasteiger partial charge in [0.05, 0.1) is 6.61 Å². The highest BCUT2D eigenvalue weighted by molar-refractivity contribution is 5.36. The zero-order valence-corrected chi connectivity index (χ0v) is 11.9. The van der Waals surface area contributed by atoms with Gasteiger partial charge in [-0.05, 0) is 37.7 Å². The number of hydrogen-bond donors (Lipinski definition) is 1. The molecule has 0 saturated heterocycles. The molecule has 0 heterocycles. The monoisotopic (exact) mass is 273 g/mol. The van der Waals surface area contributed by atoms with Crippen molar-refractivity contribution in [3.8, 4) is 5.75 Å². The number of ether oxygens (including phenoxy) is 1. The van der Waals surface area contributed by atoms with Gasteiger partial charge in [0.1, 0.15) is 11.6 Å². The molecule has 0 aromatic heterocycles. The molecule has 0 bridgehead atoms. The normalized spacial score (nSPS) is 12.2. The van der Waals surface area contributed by atoms with Gasteiger partial charge in [-0.15, -0.1) is 0 Å². The lowest BCUT2D eigenvalue weighted by atomic mass is 10.1. The summed E-state index contributed by atoms with van der Waals surface area (Å²) in [6.45, 7) is 2.57. The SMILES string of the molecule is CNC(C)c1cc(F)ccc1OCCc1ccccc1. The van der Waals surface area contributed by atoms with Crippen molar-refractivity contribution in [3.05, 3.63) is 65.5 Å². The van der Waals surface area contributed by atoms with Crippen LogP contribution in [0.2, 0.25) is 0 Å². The van der Waals surface area contributed by atoms with Crippen LogP contribution < -0.4 is 10.1 Å². The van der Waals surface area contributed by atoms with Crippen LogP contribution in [0.3, 0.4) is 0 Å². The van der Waals surface area contributed by atoms with Crippen molar-refractivity contribution in [3.63, 3.8) is 0 Å². The predicted molar refractivity (Wildman–Crippen MR) is 79.5 cm³/mol. The highest BCUT2D eigenvalue weighted by Gasteiger charge is 2.11. The van der Waals surface area contributed by atoms with Gasteiger partial charge in [0.15, 0.2) is 0 Å². The highest BCUT2D eigenvalue weighted by atomic mass is 19.1. The molecule has 0 amide bonds. The molecule has 1 N–H and O–H groups in total. The summed E-state index contributed by atoms with van der Waals surface area (Å²) in [5.41, 5.74) is 2.08. The Kier molecular flexibility index (Phi) is 5.13. The van der Waals surface area contributed by atoms with Crippen molar-refractivity contribution in [1.29, 1.82) is 0 Å². The molecule has 0 saturated carbocycles. The van der Waals surface area contributed by atoms with Crippen LogP contribution in [-0.2, 0) is 6.42 Å². The van der Waals surface area contributed by atoms with Crippen molar-refractivity contribution >= 4 is 0 Å². The molecule has 0 spiro atoms. The lowest BCUT2D eigenvalue weighted by molar-refractivity contribution is 0.315. The first-order valence-corrected chi connectivity index (χ1v) is 6.84. The van der Waals surface area contributed by atoms with E-state index in [-0.39, 0.29) is 11.9 Å². The zero-order chi connectivity index (χ0) is 14.4. The van der Waals surface area contributed by atoms with Crippen molar-refractivity contribution in [1.82, 2.24) is 5.32 Å². The number of benzene rings is 2. The van der Waals surface area contributed by atoms with E-state index in [1.165, 1.54) is 17.7 Å². The molecular weight excluding hydrogens is 253 g/mol. The Morgan fingerprint density at radius 1 is 1.15 bits per heavy atom. The minimum absolute atomic E-state index is 0.0532. The molecule has 0 aliphatic carbocycles. The molecule has 1 unspecified atom stereocenters. The maximum absolute atomic E-state index is 13.3. The molecule has 20 heavy (non-hydrogen) atoms. The zero-order valence-electron chi connectivity index (χ0n) is 11.9. The van der Waals surface area contributed by atoms with Crippen LogP contribution in [0.25, 0.3) is 0 Å². The third-order valence-electron chi connectivity index (χ3n) is 3.36. The summed E-state index contributed by atoms with van der Waals surface area (Å²) in [6.07, 6.45) is 0.839. The molecule has 0 aliphatic rings. The summed E-state index contributed by atoms with van der Waals surface area (Å²) < 4.78 is 19.2. The standard InChI is InChI=1S/C17H20FNO/c1-13(19-2)16-12-15(18)8-9-17(16)20-11-10-14-6-4-3-5-7-14/h3-9,12-13,19H,10-11H2,1-2H3. The van der Waals surface area contributed by atoms with E-state index < -0.39 is 0 Å². The maximum Gasteiger partial charge on any atom is 0.124 e. The minimum atomic E-state index is -0.238. The molecule has 2 rings (SSSR count). The van der Waals surface area contributed by atoms with E-state index in [4.69, 9.17) is 4.74 Å². The third-order valence-corrected chi connectivity index (χ3v) is 3.36. The first-order valence-electron chi connectivity index (χ1n) is 6.84. The van der Waals surface area contributed by atoms with Crippen LogP contribution in [-0.4, -0.2) is 13.7 Å². The van der Waals surface area contributed by atoms with Crippen LogP contribution in [0.4, 0.5) is 4.39 Å². The molecule has 3 heteroatoms. The second kappa shape index (κ2) is 7.06. The van der Waals surface area contributed by atoms with Gasteiger partial charge in [0.25, 0.3) is 0 Å². The average Bonchev–Trinajstić information content (AvgIpc) is 2.49. The Bertz CT molecular complexity index is 542. The van der Waals surface area contributed by atoms with E-state index in [1.54, 1.807) is 6.07 Å². The second-order valence-corrected chi connectivity index (χ2v) is 4.78. The second-order valence-electron chi connectivity index (χ2n) is 4.78. The molecule has 2 aromatic carbocycles. The van der Waals surface area contributed by atoms with Gasteiger partial charge in [0, 0.05) is 18.0 Å². The van der Waals surface area contributed by atoms with Crippen LogP contribution in [0.1, 0.15) is 24.1 Å². The first kappa shape index (κ1) is 14.5. The topological polar surface area (TPSA) is 21.3 Å². The summed E-state index contributed by atoms with van der Waals surface area (Å²) in [5.74, 6) is 0.502. The Morgan fingerprint density at radius 2 is 1.90 bits per heavy atom. The fourth-order valence-corrected chi connectivity index (χ4v) is 2.07. The highest BCUT2D eigenvalue weighted by Crippen LogP contribution is 2.26. The van der Waals surface area contributed by atoms with Gasteiger partial charge in [-0.3, -0.25) is 0 Å². The molecule has 106 valence electrons. The lowest BCUT2D eigenvalue weighted by Gasteiger charge is -2.16. The van der Waals surface area contributed by atoms with Gasteiger partial charge in [-0.25, -0.2) is 4.39 Å². The van der Waals surface area contributed by atoms with Crippen molar-refractivity contribution in [2.45, 2.75) is 19.4 Å². The largest absolute Gasteiger partial charge is 0.493 e. The minimum Gasteiger partial charge on any atom is -0.493 e. The van der Waals surface area contributed by atoms with Gasteiger partial charge >= 0.3 is 0 Å². The maximum atomic E-state index is 13.3. The smallest absolute Gasteiger partial charge is 0.124 e. The fraction of sp³-hybridized carbons (Fsp3) is 0.294. The average molecular weight is 273 g/mol. The number of halogens is 1. The summed E-state index contributed by atoms with van der Waals surface area (Å²) >= 11 is 0. The number of nitrogens with one attached hydrogen (secondary N) is 1. The van der Waals surface area contributed by atoms with Gasteiger partial charge in [-0.2, -0.15) is 0 Å². The lowest BCUT2D eigenvalue weighted by Crippen LogP contribution is -2.14. The van der Waals surface area contributed by atoms with Crippen molar-refractivity contribution in [2.24, 2.45) is 0 Å². The van der Waals surface area contributed by atoms with E-state index in [1.807, 2.05) is 32.2 Å². The summed E-state index contributed by atoms with van der Waals surface area (Å²) in [4.78, 5) is 0. The molecule has 0 fully saturated rings. The molecule has 2 nitrogen and oxygen atoms in total. The van der Waals surface area contributed by atoms with E-state index in [9.17, 15) is 4.39 Å². The van der Waals surface area contributed by atoms with Gasteiger partial charge in [-0.1, -0.05) is 30.3 Å². The van der Waals surface area contributed by atoms with Crippen molar-refractivity contribution < 1.29 is 9.13 Å². The van der Waals surface area contributed by atoms with Gasteiger partial charge in [0.2, 0.25) is 0 Å². The summed E-state index contributed by atoms with van der Waals surface area (Å²) in [7, 11) is 1.85. The van der Waals surface area contributed by atoms with Gasteiger partial charge < -0.3 is 10.1 Å². The van der Waals surface area contributed by atoms with E-state index >= 15 is 0 Å². The quantitative estimate of drug-likeness (QED) is 0.866. The third kappa shape index (κ3) is 3.81. The molecule has 2 aromatic rings. The van der Waals surface area contributed by atoms with E-state index in [2.05, 4.69) is 17.4 Å². The molecule has 1 atom stereocenters. The first-order chi connectivity index (χ1) is 9.70. The fourth-order valence-electron chi connectivity index (χ4n) is 2.07. The summed E-state index contributed by atoms with van der Waals surface area (Å²) in [6, 6.07) is 14.9. The van der Waals surface area contributed by atoms with Crippen LogP contribution in [0, 0.1) is 5.82 Å². The Hall–Kier alpha value is -1.87. The number of hydrogen-bond acceptors (Lipinski definition) is 2. The molecular formula is C17H20FNO.